The van der Waals surface area contributed by atoms with E-state index >= 15 is 0 Å². The van der Waals surface area contributed by atoms with Crippen molar-refractivity contribution in [2.45, 2.75) is 0 Å². The fourth-order valence-electron chi connectivity index (χ4n) is 1.18. The Morgan fingerprint density at radius 1 is 0.846 bits per heavy atom. The van der Waals surface area contributed by atoms with Crippen LogP contribution in [-0.2, 0) is 0 Å². The zero-order valence-corrected chi connectivity index (χ0v) is 9.10. The average molecular weight is 281 g/mol. The van der Waals surface area contributed by atoms with Crippen LogP contribution in [0, 0.1) is 3.70 Å². The van der Waals surface area contributed by atoms with Gasteiger partial charge < -0.3 is 0 Å². The number of halogens is 1. The number of benzene rings is 1. The number of hydrogen-bond donors (Lipinski definition) is 0. The van der Waals surface area contributed by atoms with E-state index in [1.54, 1.807) is 0 Å². The molecule has 1 nitrogen and oxygen atoms in total. The van der Waals surface area contributed by atoms with Gasteiger partial charge >= 0.3 is 0 Å². The number of aromatic nitrogens is 1. The molecule has 0 radical (unpaired) electrons. The fourth-order valence-corrected chi connectivity index (χ4v) is 1.65. The molecule has 0 atom stereocenters. The number of nitrogens with zero attached hydrogens (tertiary/aromatic N) is 1. The number of hydrogen-bond acceptors (Lipinski definition) is 1. The van der Waals surface area contributed by atoms with Crippen LogP contribution in [0.25, 0.3) is 11.3 Å². The van der Waals surface area contributed by atoms with Crippen molar-refractivity contribution in [2.75, 3.05) is 0 Å². The zero-order valence-electron chi connectivity index (χ0n) is 6.94. The topological polar surface area (TPSA) is 12.9 Å². The predicted molar refractivity (Wildman–Crippen MR) is 62.4 cm³/mol. The molecule has 0 aliphatic heterocycles. The summed E-state index contributed by atoms with van der Waals surface area (Å²) in [7, 11) is 0. The smallest absolute Gasteiger partial charge is 0.102 e. The summed E-state index contributed by atoms with van der Waals surface area (Å²) in [4.78, 5) is 4.43. The second-order valence-corrected chi connectivity index (χ2v) is 3.82. The molecule has 0 saturated carbocycles. The molecule has 0 aliphatic rings. The molecule has 2 aromatic rings. The maximum absolute atomic E-state index is 4.43. The molecule has 1 aromatic carbocycles. The highest BCUT2D eigenvalue weighted by atomic mass is 127. The zero-order chi connectivity index (χ0) is 9.10. The van der Waals surface area contributed by atoms with Crippen molar-refractivity contribution in [3.05, 3.63) is 52.2 Å². The predicted octanol–water partition coefficient (Wildman–Crippen LogP) is 3.35. The molecule has 0 bridgehead atoms. The van der Waals surface area contributed by atoms with E-state index in [1.165, 1.54) is 5.56 Å². The van der Waals surface area contributed by atoms with Crippen LogP contribution in [-0.4, -0.2) is 4.98 Å². The van der Waals surface area contributed by atoms with Crippen molar-refractivity contribution in [3.63, 3.8) is 0 Å². The molecule has 13 heavy (non-hydrogen) atoms. The Balaban J connectivity index is 2.48. The minimum atomic E-state index is 1.03. The van der Waals surface area contributed by atoms with Gasteiger partial charge in [0.25, 0.3) is 0 Å². The molecule has 0 amide bonds. The minimum Gasteiger partial charge on any atom is -0.242 e. The van der Waals surface area contributed by atoms with Gasteiger partial charge in [-0.2, -0.15) is 0 Å². The SMILES string of the molecule is Ic1cccc(-c2ccccc2)n1. The molecular weight excluding hydrogens is 273 g/mol. The number of rotatable bonds is 1. The third-order valence-corrected chi connectivity index (χ3v) is 2.39. The molecular formula is C11H8IN. The van der Waals surface area contributed by atoms with E-state index in [2.05, 4.69) is 39.7 Å². The molecule has 1 aromatic heterocycles. The molecule has 0 fully saturated rings. The lowest BCUT2D eigenvalue weighted by molar-refractivity contribution is 1.27. The monoisotopic (exact) mass is 281 g/mol. The standard InChI is InChI=1S/C11H8IN/c12-11-8-4-7-10(13-11)9-5-2-1-3-6-9/h1-8H. The van der Waals surface area contributed by atoms with Crippen LogP contribution in [0.1, 0.15) is 0 Å². The van der Waals surface area contributed by atoms with Crippen LogP contribution in [0.3, 0.4) is 0 Å². The highest BCUT2D eigenvalue weighted by Gasteiger charge is 1.96. The maximum Gasteiger partial charge on any atom is 0.102 e. The molecule has 0 unspecified atom stereocenters. The Hall–Kier alpha value is -0.900. The minimum absolute atomic E-state index is 1.03. The Morgan fingerprint density at radius 3 is 2.31 bits per heavy atom. The molecule has 2 rings (SSSR count). The Labute approximate surface area is 91.0 Å². The van der Waals surface area contributed by atoms with Gasteiger partial charge in [-0.05, 0) is 34.7 Å². The summed E-state index contributed by atoms with van der Waals surface area (Å²) < 4.78 is 1.03. The summed E-state index contributed by atoms with van der Waals surface area (Å²) in [5.41, 5.74) is 2.20. The third kappa shape index (κ3) is 2.06. The lowest BCUT2D eigenvalue weighted by Crippen LogP contribution is -1.84. The summed E-state index contributed by atoms with van der Waals surface area (Å²) >= 11 is 2.22. The van der Waals surface area contributed by atoms with Crippen molar-refractivity contribution < 1.29 is 0 Å². The third-order valence-electron chi connectivity index (χ3n) is 1.78. The van der Waals surface area contributed by atoms with Gasteiger partial charge in [-0.3, -0.25) is 0 Å². The van der Waals surface area contributed by atoms with E-state index in [0.717, 1.165) is 9.39 Å². The lowest BCUT2D eigenvalue weighted by Gasteiger charge is -1.99. The molecule has 0 saturated heterocycles. The number of pyridine rings is 1. The van der Waals surface area contributed by atoms with E-state index in [1.807, 2.05) is 36.4 Å². The van der Waals surface area contributed by atoms with Crippen LogP contribution in [0.4, 0.5) is 0 Å². The molecule has 1 heterocycles. The van der Waals surface area contributed by atoms with Crippen LogP contribution in [0.5, 0.6) is 0 Å². The molecule has 0 spiro atoms. The van der Waals surface area contributed by atoms with Crippen molar-refractivity contribution in [3.8, 4) is 11.3 Å². The first-order valence-corrected chi connectivity index (χ1v) is 5.12. The first kappa shape index (κ1) is 8.69. The summed E-state index contributed by atoms with van der Waals surface area (Å²) in [5.74, 6) is 0. The largest absolute Gasteiger partial charge is 0.242 e. The van der Waals surface area contributed by atoms with Crippen molar-refractivity contribution in [1.29, 1.82) is 0 Å². The van der Waals surface area contributed by atoms with Gasteiger partial charge in [-0.1, -0.05) is 36.4 Å². The summed E-state index contributed by atoms with van der Waals surface area (Å²) in [6, 6.07) is 16.2. The van der Waals surface area contributed by atoms with Crippen LogP contribution in [0.2, 0.25) is 0 Å². The highest BCUT2D eigenvalue weighted by Crippen LogP contribution is 2.16. The quantitative estimate of drug-likeness (QED) is 0.577. The van der Waals surface area contributed by atoms with E-state index in [4.69, 9.17) is 0 Å². The summed E-state index contributed by atoms with van der Waals surface area (Å²) in [6.07, 6.45) is 0. The van der Waals surface area contributed by atoms with Gasteiger partial charge in [0.1, 0.15) is 3.70 Å². The van der Waals surface area contributed by atoms with Gasteiger partial charge in [-0.25, -0.2) is 4.98 Å². The average Bonchev–Trinajstić information content (AvgIpc) is 2.19. The molecule has 2 heteroatoms. The fraction of sp³-hybridized carbons (Fsp3) is 0. The Morgan fingerprint density at radius 2 is 1.62 bits per heavy atom. The second-order valence-electron chi connectivity index (χ2n) is 2.71. The first-order chi connectivity index (χ1) is 6.36. The molecule has 64 valence electrons. The van der Waals surface area contributed by atoms with Crippen LogP contribution >= 0.6 is 22.6 Å². The first-order valence-electron chi connectivity index (χ1n) is 4.04. The van der Waals surface area contributed by atoms with Gasteiger partial charge in [0, 0.05) is 5.56 Å². The highest BCUT2D eigenvalue weighted by molar-refractivity contribution is 14.1. The van der Waals surface area contributed by atoms with Gasteiger partial charge in [0.05, 0.1) is 5.69 Å². The van der Waals surface area contributed by atoms with E-state index in [9.17, 15) is 0 Å². The van der Waals surface area contributed by atoms with E-state index < -0.39 is 0 Å². The van der Waals surface area contributed by atoms with Crippen LogP contribution < -0.4 is 0 Å². The van der Waals surface area contributed by atoms with E-state index in [-0.39, 0.29) is 0 Å². The lowest BCUT2D eigenvalue weighted by atomic mass is 10.1. The molecule has 0 aliphatic carbocycles. The van der Waals surface area contributed by atoms with Crippen molar-refractivity contribution >= 4 is 22.6 Å². The van der Waals surface area contributed by atoms with Crippen LogP contribution in [0.15, 0.2) is 48.5 Å². The summed E-state index contributed by atoms with van der Waals surface area (Å²) in [5, 5.41) is 0. The van der Waals surface area contributed by atoms with Crippen molar-refractivity contribution in [2.24, 2.45) is 0 Å². The normalized spacial score (nSPS) is 9.92. The van der Waals surface area contributed by atoms with Gasteiger partial charge in [0.15, 0.2) is 0 Å². The second kappa shape index (κ2) is 3.87. The van der Waals surface area contributed by atoms with E-state index in [0.29, 0.717) is 0 Å². The summed E-state index contributed by atoms with van der Waals surface area (Å²) in [6.45, 7) is 0. The Kier molecular flexibility index (Phi) is 2.59. The molecule has 0 N–H and O–H groups in total. The van der Waals surface area contributed by atoms with Gasteiger partial charge in [-0.15, -0.1) is 0 Å². The maximum atomic E-state index is 4.43. The van der Waals surface area contributed by atoms with Crippen molar-refractivity contribution in [1.82, 2.24) is 4.98 Å². The Bertz CT molecular complexity index is 398. The van der Waals surface area contributed by atoms with Gasteiger partial charge in [0.2, 0.25) is 0 Å².